The van der Waals surface area contributed by atoms with E-state index in [0.717, 1.165) is 44.8 Å². The molecule has 4 atom stereocenters. The quantitative estimate of drug-likeness (QED) is 0.871. The first-order valence-corrected chi connectivity index (χ1v) is 9.81. The molecule has 0 spiro atoms. The first-order valence-electron chi connectivity index (χ1n) is 9.44. The van der Waals surface area contributed by atoms with Crippen LogP contribution in [0.4, 0.5) is 0 Å². The Morgan fingerprint density at radius 3 is 2.85 bits per heavy atom. The van der Waals surface area contributed by atoms with Crippen molar-refractivity contribution in [3.8, 4) is 5.75 Å². The number of aliphatic hydroxyl groups is 1. The van der Waals surface area contributed by atoms with E-state index >= 15 is 0 Å². The first-order chi connectivity index (χ1) is 12.6. The van der Waals surface area contributed by atoms with Crippen LogP contribution in [-0.2, 0) is 13.1 Å². The molecule has 1 aromatic carbocycles. The van der Waals surface area contributed by atoms with Crippen molar-refractivity contribution in [2.75, 3.05) is 13.1 Å². The predicted molar refractivity (Wildman–Crippen MR) is 101 cm³/mol. The second kappa shape index (κ2) is 7.59. The van der Waals surface area contributed by atoms with Gasteiger partial charge >= 0.3 is 0 Å². The fourth-order valence-corrected chi connectivity index (χ4v) is 4.63. The lowest BCUT2D eigenvalue weighted by Gasteiger charge is -2.35. The summed E-state index contributed by atoms with van der Waals surface area (Å²) in [6.45, 7) is 6.12. The molecule has 2 aliphatic rings. The Kier molecular flexibility index (Phi) is 5.20. The predicted octanol–water partition coefficient (Wildman–Crippen LogP) is 3.21. The summed E-state index contributed by atoms with van der Waals surface area (Å²) in [5.74, 6) is 1.85. The Hall–Kier alpha value is -1.56. The van der Waals surface area contributed by atoms with Crippen molar-refractivity contribution in [2.45, 2.75) is 45.1 Å². The van der Waals surface area contributed by atoms with E-state index in [4.69, 9.17) is 16.3 Å². The highest BCUT2D eigenvalue weighted by molar-refractivity contribution is 6.30. The van der Waals surface area contributed by atoms with Gasteiger partial charge in [0.25, 0.3) is 0 Å². The van der Waals surface area contributed by atoms with Crippen molar-refractivity contribution < 1.29 is 9.84 Å². The lowest BCUT2D eigenvalue weighted by atomic mass is 9.78. The smallest absolute Gasteiger partial charge is 0.125 e. The summed E-state index contributed by atoms with van der Waals surface area (Å²) in [6, 6.07) is 7.42. The Balaban J connectivity index is 1.38. The maximum Gasteiger partial charge on any atom is 0.125 e. The number of hydrogen-bond donors (Lipinski definition) is 1. The van der Waals surface area contributed by atoms with Gasteiger partial charge in [-0.2, -0.15) is 0 Å². The third kappa shape index (κ3) is 3.75. The van der Waals surface area contributed by atoms with Gasteiger partial charge in [-0.25, -0.2) is 4.98 Å². The standard InChI is InChI=1S/C20H26ClN3O2/c1-2-24-13-22-9-17(24)12-23-10-14-6-19(25)20(7-15(14)11-23)26-18-5-3-4-16(21)8-18/h3-5,8-9,13-15,19-20,25H,2,6-7,10-12H2,1H3/t14-,15+,19+,20+/m0/s1. The van der Waals surface area contributed by atoms with Gasteiger partial charge in [0.1, 0.15) is 11.9 Å². The molecular formula is C20H26ClN3O2. The highest BCUT2D eigenvalue weighted by atomic mass is 35.5. The van der Waals surface area contributed by atoms with Crippen molar-refractivity contribution >= 4 is 11.6 Å². The molecule has 140 valence electrons. The molecule has 1 saturated heterocycles. The average molecular weight is 376 g/mol. The number of fused-ring (bicyclic) bond motifs is 1. The van der Waals surface area contributed by atoms with Crippen molar-refractivity contribution in [3.05, 3.63) is 47.5 Å². The van der Waals surface area contributed by atoms with Crippen LogP contribution in [0.1, 0.15) is 25.5 Å². The van der Waals surface area contributed by atoms with Crippen LogP contribution in [0.25, 0.3) is 0 Å². The number of rotatable bonds is 5. The fourth-order valence-electron chi connectivity index (χ4n) is 4.45. The number of likely N-dealkylation sites (tertiary alicyclic amines) is 1. The molecule has 0 unspecified atom stereocenters. The molecule has 1 N–H and O–H groups in total. The summed E-state index contributed by atoms with van der Waals surface area (Å²) in [5, 5.41) is 11.2. The van der Waals surface area contributed by atoms with Gasteiger partial charge in [0.15, 0.2) is 0 Å². The Morgan fingerprint density at radius 1 is 1.27 bits per heavy atom. The summed E-state index contributed by atoms with van der Waals surface area (Å²) in [5.41, 5.74) is 1.26. The zero-order valence-corrected chi connectivity index (χ0v) is 15.8. The zero-order chi connectivity index (χ0) is 18.1. The van der Waals surface area contributed by atoms with Crippen molar-refractivity contribution in [1.29, 1.82) is 0 Å². The van der Waals surface area contributed by atoms with Crippen LogP contribution in [0.15, 0.2) is 36.8 Å². The minimum Gasteiger partial charge on any atom is -0.488 e. The first kappa shape index (κ1) is 17.8. The molecule has 6 heteroatoms. The maximum atomic E-state index is 10.6. The number of aromatic nitrogens is 2. The van der Waals surface area contributed by atoms with Gasteiger partial charge in [0, 0.05) is 37.4 Å². The highest BCUT2D eigenvalue weighted by Crippen LogP contribution is 2.38. The Morgan fingerprint density at radius 2 is 2.08 bits per heavy atom. The number of halogens is 1. The third-order valence-electron chi connectivity index (χ3n) is 5.77. The fraction of sp³-hybridized carbons (Fsp3) is 0.550. The van der Waals surface area contributed by atoms with E-state index in [1.165, 1.54) is 5.69 Å². The molecule has 1 aliphatic heterocycles. The van der Waals surface area contributed by atoms with Crippen LogP contribution in [0.2, 0.25) is 5.02 Å². The molecule has 2 fully saturated rings. The number of benzene rings is 1. The topological polar surface area (TPSA) is 50.5 Å². The van der Waals surface area contributed by atoms with Crippen LogP contribution < -0.4 is 4.74 Å². The summed E-state index contributed by atoms with van der Waals surface area (Å²) in [7, 11) is 0. The lowest BCUT2D eigenvalue weighted by molar-refractivity contribution is -0.0231. The van der Waals surface area contributed by atoms with Crippen LogP contribution in [0.5, 0.6) is 5.75 Å². The van der Waals surface area contributed by atoms with E-state index in [2.05, 4.69) is 21.4 Å². The number of nitrogens with zero attached hydrogens (tertiary/aromatic N) is 3. The number of aliphatic hydroxyl groups excluding tert-OH is 1. The van der Waals surface area contributed by atoms with Crippen LogP contribution in [0, 0.1) is 11.8 Å². The van der Waals surface area contributed by atoms with E-state index in [0.29, 0.717) is 16.9 Å². The van der Waals surface area contributed by atoms with Crippen molar-refractivity contribution in [3.63, 3.8) is 0 Å². The van der Waals surface area contributed by atoms with Gasteiger partial charge < -0.3 is 14.4 Å². The third-order valence-corrected chi connectivity index (χ3v) is 6.00. The van der Waals surface area contributed by atoms with Crippen LogP contribution >= 0.6 is 11.6 Å². The molecule has 2 aromatic rings. The zero-order valence-electron chi connectivity index (χ0n) is 15.1. The van der Waals surface area contributed by atoms with Gasteiger partial charge in [-0.1, -0.05) is 17.7 Å². The van der Waals surface area contributed by atoms with Crippen molar-refractivity contribution in [2.24, 2.45) is 11.8 Å². The lowest BCUT2D eigenvalue weighted by Crippen LogP contribution is -2.42. The number of aryl methyl sites for hydroxylation is 1. The molecule has 1 saturated carbocycles. The molecule has 0 bridgehead atoms. The van der Waals surface area contributed by atoms with E-state index in [1.807, 2.05) is 36.8 Å². The SMILES string of the molecule is CCn1cncc1CN1C[C@H]2C[C@@H](Oc3cccc(Cl)c3)[C@H](O)C[C@H]2C1. The minimum atomic E-state index is -0.420. The maximum absolute atomic E-state index is 10.6. The van der Waals surface area contributed by atoms with Gasteiger partial charge in [-0.05, 0) is 49.8 Å². The summed E-state index contributed by atoms with van der Waals surface area (Å²) >= 11 is 6.04. The van der Waals surface area contributed by atoms with Gasteiger partial charge in [-0.3, -0.25) is 4.90 Å². The van der Waals surface area contributed by atoms with E-state index in [9.17, 15) is 5.11 Å². The molecule has 5 nitrogen and oxygen atoms in total. The number of hydrogen-bond acceptors (Lipinski definition) is 4. The summed E-state index contributed by atoms with van der Waals surface area (Å²) in [6.07, 6.45) is 4.98. The molecule has 4 rings (SSSR count). The molecule has 26 heavy (non-hydrogen) atoms. The molecule has 0 radical (unpaired) electrons. The van der Waals surface area contributed by atoms with Gasteiger partial charge in [0.2, 0.25) is 0 Å². The average Bonchev–Trinajstić information content (AvgIpc) is 3.21. The number of ether oxygens (including phenoxy) is 1. The molecule has 1 aliphatic carbocycles. The van der Waals surface area contributed by atoms with E-state index in [1.54, 1.807) is 0 Å². The van der Waals surface area contributed by atoms with E-state index in [-0.39, 0.29) is 6.10 Å². The van der Waals surface area contributed by atoms with Gasteiger partial charge in [-0.15, -0.1) is 0 Å². The largest absolute Gasteiger partial charge is 0.488 e. The van der Waals surface area contributed by atoms with E-state index < -0.39 is 6.10 Å². The van der Waals surface area contributed by atoms with Crippen LogP contribution in [-0.4, -0.2) is 44.9 Å². The molecule has 0 amide bonds. The molecule has 2 heterocycles. The molecule has 1 aromatic heterocycles. The summed E-state index contributed by atoms with van der Waals surface area (Å²) in [4.78, 5) is 6.76. The summed E-state index contributed by atoms with van der Waals surface area (Å²) < 4.78 is 8.26. The second-order valence-electron chi connectivity index (χ2n) is 7.54. The highest BCUT2D eigenvalue weighted by Gasteiger charge is 2.42. The Bertz CT molecular complexity index is 750. The minimum absolute atomic E-state index is 0.157. The number of imidazole rings is 1. The monoisotopic (exact) mass is 375 g/mol. The van der Waals surface area contributed by atoms with Crippen molar-refractivity contribution in [1.82, 2.24) is 14.5 Å². The van der Waals surface area contributed by atoms with Gasteiger partial charge in [0.05, 0.1) is 18.1 Å². The molecular weight excluding hydrogens is 350 g/mol. The Labute approximate surface area is 159 Å². The normalized spacial score (nSPS) is 28.9. The van der Waals surface area contributed by atoms with Crippen LogP contribution in [0.3, 0.4) is 0 Å². The second-order valence-corrected chi connectivity index (χ2v) is 7.97.